The Bertz CT molecular complexity index is 505. The lowest BCUT2D eigenvalue weighted by molar-refractivity contribution is 0.0932. The molecular formula is C15H20F2N2O. The lowest BCUT2D eigenvalue weighted by Gasteiger charge is -2.28. The van der Waals surface area contributed by atoms with E-state index in [0.29, 0.717) is 6.54 Å². The van der Waals surface area contributed by atoms with Gasteiger partial charge < -0.3 is 11.1 Å². The Kier molecular flexibility index (Phi) is 4.70. The molecule has 0 aromatic heterocycles. The maximum absolute atomic E-state index is 13.8. The van der Waals surface area contributed by atoms with E-state index in [-0.39, 0.29) is 17.5 Å². The van der Waals surface area contributed by atoms with Crippen molar-refractivity contribution >= 4 is 5.91 Å². The predicted molar refractivity (Wildman–Crippen MR) is 73.4 cm³/mol. The highest BCUT2D eigenvalue weighted by Crippen LogP contribution is 2.22. The van der Waals surface area contributed by atoms with Gasteiger partial charge in [-0.15, -0.1) is 0 Å². The molecule has 5 heteroatoms. The summed E-state index contributed by atoms with van der Waals surface area (Å²) >= 11 is 0. The van der Waals surface area contributed by atoms with Crippen LogP contribution in [-0.4, -0.2) is 18.5 Å². The average molecular weight is 282 g/mol. The van der Waals surface area contributed by atoms with Crippen LogP contribution in [0.5, 0.6) is 0 Å². The summed E-state index contributed by atoms with van der Waals surface area (Å²) in [6, 6.07) is 2.48. The predicted octanol–water partition coefficient (Wildman–Crippen LogP) is 2.52. The van der Waals surface area contributed by atoms with Crippen LogP contribution in [0.25, 0.3) is 0 Å². The van der Waals surface area contributed by atoms with Gasteiger partial charge in [-0.3, -0.25) is 4.79 Å². The molecule has 1 aromatic carbocycles. The zero-order chi connectivity index (χ0) is 14.7. The second-order valence-corrected chi connectivity index (χ2v) is 5.47. The number of nitrogens with one attached hydrogen (secondary N) is 1. The Balaban J connectivity index is 2.03. The normalized spacial score (nSPS) is 22.6. The van der Waals surface area contributed by atoms with Crippen molar-refractivity contribution in [1.82, 2.24) is 5.32 Å². The third-order valence-electron chi connectivity index (χ3n) is 4.00. The minimum atomic E-state index is -0.835. The van der Waals surface area contributed by atoms with Gasteiger partial charge in [-0.25, -0.2) is 8.78 Å². The molecule has 2 atom stereocenters. The van der Waals surface area contributed by atoms with Crippen LogP contribution < -0.4 is 11.1 Å². The maximum Gasteiger partial charge on any atom is 0.257 e. The molecule has 0 saturated heterocycles. The molecule has 1 fully saturated rings. The number of hydrogen-bond acceptors (Lipinski definition) is 2. The highest BCUT2D eigenvalue weighted by Gasteiger charge is 2.24. The quantitative estimate of drug-likeness (QED) is 0.895. The van der Waals surface area contributed by atoms with Crippen molar-refractivity contribution in [3.63, 3.8) is 0 Å². The highest BCUT2D eigenvalue weighted by atomic mass is 19.1. The van der Waals surface area contributed by atoms with Crippen molar-refractivity contribution in [1.29, 1.82) is 0 Å². The minimum absolute atomic E-state index is 0.0521. The average Bonchev–Trinajstić information content (AvgIpc) is 2.42. The molecule has 0 heterocycles. The highest BCUT2D eigenvalue weighted by molar-refractivity contribution is 5.95. The molecule has 1 aromatic rings. The van der Waals surface area contributed by atoms with E-state index in [1.165, 1.54) is 13.0 Å². The van der Waals surface area contributed by atoms with E-state index in [4.69, 9.17) is 5.73 Å². The van der Waals surface area contributed by atoms with Crippen molar-refractivity contribution < 1.29 is 13.6 Å². The van der Waals surface area contributed by atoms with Crippen LogP contribution in [0.1, 0.15) is 41.6 Å². The molecule has 20 heavy (non-hydrogen) atoms. The summed E-state index contributed by atoms with van der Waals surface area (Å²) in [7, 11) is 0. The van der Waals surface area contributed by atoms with Crippen molar-refractivity contribution in [2.75, 3.05) is 6.54 Å². The molecule has 3 N–H and O–H groups in total. The topological polar surface area (TPSA) is 55.1 Å². The van der Waals surface area contributed by atoms with Crippen LogP contribution in [0.2, 0.25) is 0 Å². The van der Waals surface area contributed by atoms with E-state index in [2.05, 4.69) is 5.32 Å². The smallest absolute Gasteiger partial charge is 0.257 e. The second kappa shape index (κ2) is 6.31. The lowest BCUT2D eigenvalue weighted by Crippen LogP contribution is -2.41. The Morgan fingerprint density at radius 3 is 2.75 bits per heavy atom. The Hall–Kier alpha value is -1.49. The largest absolute Gasteiger partial charge is 0.352 e. The molecule has 3 nitrogen and oxygen atoms in total. The fourth-order valence-electron chi connectivity index (χ4n) is 2.67. The Labute approximate surface area is 117 Å². The summed E-state index contributed by atoms with van der Waals surface area (Å²) in [5.74, 6) is -2.15. The molecular weight excluding hydrogens is 262 g/mol. The first-order valence-electron chi connectivity index (χ1n) is 6.99. The van der Waals surface area contributed by atoms with E-state index in [0.717, 1.165) is 31.7 Å². The number of hydrogen-bond donors (Lipinski definition) is 2. The monoisotopic (exact) mass is 282 g/mol. The summed E-state index contributed by atoms with van der Waals surface area (Å²) in [5.41, 5.74) is 5.74. The van der Waals surface area contributed by atoms with Crippen LogP contribution >= 0.6 is 0 Å². The molecule has 110 valence electrons. The Morgan fingerprint density at radius 1 is 1.35 bits per heavy atom. The molecule has 1 aliphatic rings. The van der Waals surface area contributed by atoms with Gasteiger partial charge >= 0.3 is 0 Å². The number of halogens is 2. The summed E-state index contributed by atoms with van der Waals surface area (Å²) in [6.45, 7) is 1.87. The Morgan fingerprint density at radius 2 is 2.05 bits per heavy atom. The van der Waals surface area contributed by atoms with E-state index in [9.17, 15) is 13.6 Å². The third-order valence-corrected chi connectivity index (χ3v) is 4.00. The fraction of sp³-hybridized carbons (Fsp3) is 0.533. The van der Waals surface area contributed by atoms with Crippen molar-refractivity contribution in [2.24, 2.45) is 11.7 Å². The summed E-state index contributed by atoms with van der Waals surface area (Å²) in [4.78, 5) is 12.0. The molecule has 0 radical (unpaired) electrons. The van der Waals surface area contributed by atoms with Crippen LogP contribution in [-0.2, 0) is 0 Å². The number of nitrogens with two attached hydrogens (primary N) is 1. The zero-order valence-corrected chi connectivity index (χ0v) is 11.6. The van der Waals surface area contributed by atoms with Gasteiger partial charge in [0.25, 0.3) is 5.91 Å². The number of aryl methyl sites for hydroxylation is 1. The van der Waals surface area contributed by atoms with Crippen LogP contribution in [0.4, 0.5) is 8.78 Å². The maximum atomic E-state index is 13.8. The van der Waals surface area contributed by atoms with Crippen LogP contribution in [0.3, 0.4) is 0 Å². The van der Waals surface area contributed by atoms with Gasteiger partial charge in [-0.05, 0) is 37.3 Å². The molecule has 2 rings (SSSR count). The minimum Gasteiger partial charge on any atom is -0.352 e. The molecule has 0 aliphatic heterocycles. The van der Waals surface area contributed by atoms with Gasteiger partial charge in [-0.2, -0.15) is 0 Å². The SMILES string of the molecule is Cc1ccc(F)c(C(=O)NCC2CCCCC2N)c1F. The van der Waals surface area contributed by atoms with Gasteiger partial charge in [0, 0.05) is 12.6 Å². The molecule has 1 aliphatic carbocycles. The standard InChI is InChI=1S/C15H20F2N2O/c1-9-6-7-11(16)13(14(9)17)15(20)19-8-10-4-2-3-5-12(10)18/h6-7,10,12H,2-5,8,18H2,1H3,(H,19,20). The lowest BCUT2D eigenvalue weighted by atomic mass is 9.85. The van der Waals surface area contributed by atoms with Gasteiger partial charge in [-0.1, -0.05) is 18.9 Å². The summed E-state index contributed by atoms with van der Waals surface area (Å²) < 4.78 is 27.4. The third kappa shape index (κ3) is 3.15. The first-order chi connectivity index (χ1) is 9.50. The number of carbonyl (C=O) groups is 1. The van der Waals surface area contributed by atoms with E-state index in [1.54, 1.807) is 0 Å². The van der Waals surface area contributed by atoms with Crippen molar-refractivity contribution in [3.8, 4) is 0 Å². The van der Waals surface area contributed by atoms with E-state index < -0.39 is 23.1 Å². The molecule has 1 amide bonds. The molecule has 0 spiro atoms. The summed E-state index contributed by atoms with van der Waals surface area (Å²) in [6.07, 6.45) is 4.07. The van der Waals surface area contributed by atoms with Crippen molar-refractivity contribution in [2.45, 2.75) is 38.6 Å². The number of benzene rings is 1. The van der Waals surface area contributed by atoms with Gasteiger partial charge in [0.05, 0.1) is 0 Å². The zero-order valence-electron chi connectivity index (χ0n) is 11.6. The van der Waals surface area contributed by atoms with Gasteiger partial charge in [0.2, 0.25) is 0 Å². The number of rotatable bonds is 3. The van der Waals surface area contributed by atoms with Gasteiger partial charge in [0.15, 0.2) is 0 Å². The molecule has 2 unspecified atom stereocenters. The van der Waals surface area contributed by atoms with E-state index in [1.807, 2.05) is 0 Å². The van der Waals surface area contributed by atoms with E-state index >= 15 is 0 Å². The van der Waals surface area contributed by atoms with Gasteiger partial charge in [0.1, 0.15) is 17.2 Å². The van der Waals surface area contributed by atoms with Crippen LogP contribution in [0, 0.1) is 24.5 Å². The van der Waals surface area contributed by atoms with Crippen LogP contribution in [0.15, 0.2) is 12.1 Å². The fourth-order valence-corrected chi connectivity index (χ4v) is 2.67. The first-order valence-corrected chi connectivity index (χ1v) is 6.99. The summed E-state index contributed by atoms with van der Waals surface area (Å²) in [5, 5.41) is 2.61. The number of amides is 1. The molecule has 0 bridgehead atoms. The second-order valence-electron chi connectivity index (χ2n) is 5.47. The van der Waals surface area contributed by atoms with Crippen molar-refractivity contribution in [3.05, 3.63) is 34.9 Å². The first kappa shape index (κ1) is 14.9. The molecule has 1 saturated carbocycles. The number of carbonyl (C=O) groups excluding carboxylic acids is 1.